The maximum absolute atomic E-state index is 12.5. The van der Waals surface area contributed by atoms with Gasteiger partial charge in [0.25, 0.3) is 0 Å². The molecule has 0 spiro atoms. The second kappa shape index (κ2) is 5.28. The number of rotatable bonds is 5. The van der Waals surface area contributed by atoms with Crippen molar-refractivity contribution in [3.63, 3.8) is 0 Å². The van der Waals surface area contributed by atoms with Crippen molar-refractivity contribution < 1.29 is 19.1 Å². The summed E-state index contributed by atoms with van der Waals surface area (Å²) in [6.07, 6.45) is 1.29. The summed E-state index contributed by atoms with van der Waals surface area (Å²) in [7, 11) is 0. The van der Waals surface area contributed by atoms with E-state index in [0.29, 0.717) is 12.8 Å². The van der Waals surface area contributed by atoms with Gasteiger partial charge in [-0.1, -0.05) is 28.1 Å². The van der Waals surface area contributed by atoms with E-state index in [2.05, 4.69) is 21.2 Å². The lowest BCUT2D eigenvalue weighted by atomic mass is 9.95. The Morgan fingerprint density at radius 3 is 2.63 bits per heavy atom. The van der Waals surface area contributed by atoms with Crippen LogP contribution in [0.15, 0.2) is 28.7 Å². The van der Waals surface area contributed by atoms with Gasteiger partial charge in [-0.2, -0.15) is 0 Å². The van der Waals surface area contributed by atoms with E-state index in [1.807, 2.05) is 24.3 Å². The van der Waals surface area contributed by atoms with Gasteiger partial charge in [0.15, 0.2) is 6.04 Å². The molecule has 0 aromatic heterocycles. The Labute approximate surface area is 118 Å². The zero-order chi connectivity index (χ0) is 14.0. The number of carbonyl (C=O) groups excluding carboxylic acids is 1. The summed E-state index contributed by atoms with van der Waals surface area (Å²) in [5.74, 6) is -1.78. The molecule has 19 heavy (non-hydrogen) atoms. The molecule has 1 aliphatic rings. The molecule has 1 saturated carbocycles. The van der Waals surface area contributed by atoms with Crippen molar-refractivity contribution in [1.82, 2.24) is 5.32 Å². The highest BCUT2D eigenvalue weighted by Crippen LogP contribution is 2.48. The molecule has 0 saturated heterocycles. The lowest BCUT2D eigenvalue weighted by Crippen LogP contribution is -2.46. The van der Waals surface area contributed by atoms with Crippen molar-refractivity contribution in [2.45, 2.75) is 24.3 Å². The monoisotopic (exact) mass is 329 g/mol. The second-order valence-electron chi connectivity index (χ2n) is 4.61. The molecule has 0 radical (unpaired) electrons. The Balaban J connectivity index is 2.17. The predicted octanol–water partition coefficient (Wildman–Crippen LogP) is 2.02. The molecule has 1 aliphatic carbocycles. The average Bonchev–Trinajstić information content (AvgIpc) is 3.16. The van der Waals surface area contributed by atoms with Gasteiger partial charge in [0.05, 0.1) is 5.41 Å². The highest BCUT2D eigenvalue weighted by atomic mass is 79.9. The number of hydrogen-bond donors (Lipinski definition) is 2. The number of carboxylic acids is 1. The van der Waals surface area contributed by atoms with E-state index in [9.17, 15) is 14.0 Å². The van der Waals surface area contributed by atoms with Crippen LogP contribution in [-0.2, 0) is 15.0 Å². The first kappa shape index (κ1) is 14.0. The standard InChI is InChI=1S/C13H13BrFNO3/c14-9-3-1-2-8(6-9)13(4-5-13)12(19)16-10(7-15)11(17)18/h1-3,6,10H,4-5,7H2,(H,16,19)(H,17,18). The summed E-state index contributed by atoms with van der Waals surface area (Å²) in [6.45, 7) is -1.12. The van der Waals surface area contributed by atoms with E-state index in [0.717, 1.165) is 10.0 Å². The van der Waals surface area contributed by atoms with Crippen LogP contribution in [0.25, 0.3) is 0 Å². The Bertz CT molecular complexity index is 516. The van der Waals surface area contributed by atoms with Crippen LogP contribution >= 0.6 is 15.9 Å². The number of nitrogens with one attached hydrogen (secondary N) is 1. The molecule has 1 fully saturated rings. The van der Waals surface area contributed by atoms with Gasteiger partial charge in [-0.15, -0.1) is 0 Å². The molecule has 2 rings (SSSR count). The van der Waals surface area contributed by atoms with Gasteiger partial charge in [-0.3, -0.25) is 4.79 Å². The fraction of sp³-hybridized carbons (Fsp3) is 0.385. The number of hydrogen-bond acceptors (Lipinski definition) is 2. The number of carboxylic acid groups (broad SMARTS) is 1. The van der Waals surface area contributed by atoms with Crippen LogP contribution in [0.5, 0.6) is 0 Å². The molecular weight excluding hydrogens is 317 g/mol. The Hall–Kier alpha value is -1.43. The number of benzene rings is 1. The van der Waals surface area contributed by atoms with Crippen molar-refractivity contribution in [2.75, 3.05) is 6.67 Å². The highest BCUT2D eigenvalue weighted by Gasteiger charge is 2.52. The largest absolute Gasteiger partial charge is 0.480 e. The highest BCUT2D eigenvalue weighted by molar-refractivity contribution is 9.10. The fourth-order valence-corrected chi connectivity index (χ4v) is 2.42. The number of alkyl halides is 1. The van der Waals surface area contributed by atoms with Crippen molar-refractivity contribution in [2.24, 2.45) is 0 Å². The molecule has 102 valence electrons. The van der Waals surface area contributed by atoms with Crippen LogP contribution < -0.4 is 5.32 Å². The smallest absolute Gasteiger partial charge is 0.328 e. The molecule has 2 N–H and O–H groups in total. The molecule has 1 unspecified atom stereocenters. The molecule has 6 heteroatoms. The van der Waals surface area contributed by atoms with Crippen molar-refractivity contribution in [1.29, 1.82) is 0 Å². The first-order valence-corrected chi connectivity index (χ1v) is 6.65. The maximum atomic E-state index is 12.5. The van der Waals surface area contributed by atoms with Crippen LogP contribution in [0, 0.1) is 0 Å². The SMILES string of the molecule is O=C(O)C(CF)NC(=O)C1(c2cccc(Br)c2)CC1. The molecule has 0 heterocycles. The molecular formula is C13H13BrFNO3. The average molecular weight is 330 g/mol. The van der Waals surface area contributed by atoms with Crippen molar-refractivity contribution in [3.8, 4) is 0 Å². The van der Waals surface area contributed by atoms with Crippen LogP contribution in [0.3, 0.4) is 0 Å². The van der Waals surface area contributed by atoms with Gasteiger partial charge in [0.2, 0.25) is 5.91 Å². The summed E-state index contributed by atoms with van der Waals surface area (Å²) < 4.78 is 13.4. The molecule has 1 atom stereocenters. The van der Waals surface area contributed by atoms with Gasteiger partial charge in [0.1, 0.15) is 6.67 Å². The first-order valence-electron chi connectivity index (χ1n) is 5.85. The zero-order valence-electron chi connectivity index (χ0n) is 10.0. The molecule has 1 aromatic rings. The third-order valence-electron chi connectivity index (χ3n) is 3.32. The second-order valence-corrected chi connectivity index (χ2v) is 5.53. The Kier molecular flexibility index (Phi) is 3.89. The predicted molar refractivity (Wildman–Crippen MR) is 70.6 cm³/mol. The van der Waals surface area contributed by atoms with Crippen LogP contribution in [0.1, 0.15) is 18.4 Å². The minimum atomic E-state index is -1.47. The first-order chi connectivity index (χ1) is 8.99. The zero-order valence-corrected chi connectivity index (χ0v) is 11.6. The molecule has 4 nitrogen and oxygen atoms in total. The van der Waals surface area contributed by atoms with E-state index in [1.165, 1.54) is 0 Å². The topological polar surface area (TPSA) is 66.4 Å². The minimum Gasteiger partial charge on any atom is -0.480 e. The molecule has 1 aromatic carbocycles. The van der Waals surface area contributed by atoms with Gasteiger partial charge in [-0.05, 0) is 30.5 Å². The molecule has 0 aliphatic heterocycles. The fourth-order valence-electron chi connectivity index (χ4n) is 2.02. The summed E-state index contributed by atoms with van der Waals surface area (Å²) in [4.78, 5) is 22.9. The van der Waals surface area contributed by atoms with E-state index >= 15 is 0 Å². The number of halogens is 2. The quantitative estimate of drug-likeness (QED) is 0.868. The van der Waals surface area contributed by atoms with E-state index in [4.69, 9.17) is 5.11 Å². The Morgan fingerprint density at radius 1 is 1.47 bits per heavy atom. The third-order valence-corrected chi connectivity index (χ3v) is 3.81. The maximum Gasteiger partial charge on any atom is 0.328 e. The van der Waals surface area contributed by atoms with Crippen LogP contribution in [0.2, 0.25) is 0 Å². The lowest BCUT2D eigenvalue weighted by molar-refractivity contribution is -0.142. The summed E-state index contributed by atoms with van der Waals surface area (Å²) in [5, 5.41) is 11.0. The van der Waals surface area contributed by atoms with Gasteiger partial charge in [-0.25, -0.2) is 9.18 Å². The van der Waals surface area contributed by atoms with Crippen LogP contribution in [-0.4, -0.2) is 29.7 Å². The summed E-state index contributed by atoms with van der Waals surface area (Å²) in [5.41, 5.74) is 0.120. The molecule has 1 amide bonds. The molecule has 0 bridgehead atoms. The number of carbonyl (C=O) groups is 2. The minimum absolute atomic E-state index is 0.421. The number of aliphatic carboxylic acids is 1. The van der Waals surface area contributed by atoms with Gasteiger partial charge >= 0.3 is 5.97 Å². The van der Waals surface area contributed by atoms with E-state index < -0.39 is 30.0 Å². The van der Waals surface area contributed by atoms with Crippen LogP contribution in [0.4, 0.5) is 4.39 Å². The Morgan fingerprint density at radius 2 is 2.16 bits per heavy atom. The normalized spacial score (nSPS) is 17.6. The van der Waals surface area contributed by atoms with Gasteiger partial charge in [0, 0.05) is 4.47 Å². The lowest BCUT2D eigenvalue weighted by Gasteiger charge is -2.18. The third kappa shape index (κ3) is 2.78. The summed E-state index contributed by atoms with van der Waals surface area (Å²) >= 11 is 3.33. The van der Waals surface area contributed by atoms with E-state index in [-0.39, 0.29) is 0 Å². The van der Waals surface area contributed by atoms with E-state index in [1.54, 1.807) is 0 Å². The summed E-state index contributed by atoms with van der Waals surface area (Å²) in [6, 6.07) is 5.84. The number of amides is 1. The van der Waals surface area contributed by atoms with Crippen molar-refractivity contribution in [3.05, 3.63) is 34.3 Å². The van der Waals surface area contributed by atoms with Crippen molar-refractivity contribution >= 4 is 27.8 Å². The van der Waals surface area contributed by atoms with Gasteiger partial charge < -0.3 is 10.4 Å².